The Morgan fingerprint density at radius 1 is 1.50 bits per heavy atom. The Bertz CT molecular complexity index is 45.9. The van der Waals surface area contributed by atoms with Crippen LogP contribution in [0.3, 0.4) is 0 Å². The molecule has 0 bridgehead atoms. The molecule has 0 aliphatic carbocycles. The summed E-state index contributed by atoms with van der Waals surface area (Å²) in [6.45, 7) is 6.69. The van der Waals surface area contributed by atoms with E-state index in [0.29, 0.717) is 9.13 Å². The van der Waals surface area contributed by atoms with Crippen LogP contribution in [0, 0.1) is 5.92 Å². The first-order chi connectivity index (χ1) is 2.77. The fourth-order valence-electron chi connectivity index (χ4n) is 0.385. The van der Waals surface area contributed by atoms with Gasteiger partial charge in [-0.25, -0.2) is 0 Å². The SMILES string of the molecule is C[SiH]=CC(C)C. The predicted molar refractivity (Wildman–Crippen MR) is 33.9 cm³/mol. The van der Waals surface area contributed by atoms with Crippen LogP contribution < -0.4 is 0 Å². The Morgan fingerprint density at radius 2 is 2.00 bits per heavy atom. The van der Waals surface area contributed by atoms with Gasteiger partial charge in [0.05, 0.1) is 0 Å². The lowest BCUT2D eigenvalue weighted by Gasteiger charge is -1.87. The highest BCUT2D eigenvalue weighted by Crippen LogP contribution is 1.79. The maximum atomic E-state index is 2.38. The Balaban J connectivity index is 3.03. The maximum absolute atomic E-state index is 2.38. The maximum Gasteiger partial charge on any atom is -0.0149 e. The van der Waals surface area contributed by atoms with Gasteiger partial charge >= 0.3 is 0 Å². The van der Waals surface area contributed by atoms with E-state index in [-0.39, 0.29) is 0 Å². The predicted octanol–water partition coefficient (Wildman–Crippen LogP) is 0.929. The van der Waals surface area contributed by atoms with E-state index in [4.69, 9.17) is 0 Å². The van der Waals surface area contributed by atoms with E-state index in [0.717, 1.165) is 5.92 Å². The molecule has 0 radical (unpaired) electrons. The lowest BCUT2D eigenvalue weighted by atomic mass is 10.3. The van der Waals surface area contributed by atoms with Crippen molar-refractivity contribution in [2.75, 3.05) is 0 Å². The second-order valence-electron chi connectivity index (χ2n) is 1.77. The highest BCUT2D eigenvalue weighted by Gasteiger charge is 1.76. The molecule has 0 rings (SSSR count). The first-order valence-corrected chi connectivity index (χ1v) is 4.22. The second-order valence-corrected chi connectivity index (χ2v) is 2.82. The third kappa shape index (κ3) is 4.09. The molecule has 0 aliphatic rings. The molecule has 6 heavy (non-hydrogen) atoms. The van der Waals surface area contributed by atoms with E-state index in [1.165, 1.54) is 0 Å². The molecule has 0 aliphatic heterocycles. The standard InChI is InChI=1S/C5H12Si/c1-5(2)4-6-3/h4-6H,1-3H3. The fraction of sp³-hybridized carbons (Fsp3) is 0.800. The summed E-state index contributed by atoms with van der Waals surface area (Å²) < 4.78 is 0. The van der Waals surface area contributed by atoms with Crippen LogP contribution in [0.5, 0.6) is 0 Å². The molecule has 0 amide bonds. The minimum Gasteiger partial charge on any atom is -0.104 e. The average molecular weight is 100 g/mol. The Kier molecular flexibility index (Phi) is 3.33. The monoisotopic (exact) mass is 100 g/mol. The van der Waals surface area contributed by atoms with Crippen molar-refractivity contribution in [3.05, 3.63) is 0 Å². The van der Waals surface area contributed by atoms with Crippen molar-refractivity contribution >= 4 is 14.8 Å². The van der Waals surface area contributed by atoms with Crippen LogP contribution in [0.2, 0.25) is 6.55 Å². The van der Waals surface area contributed by atoms with Gasteiger partial charge in [-0.1, -0.05) is 20.4 Å². The van der Waals surface area contributed by atoms with Crippen LogP contribution in [0.4, 0.5) is 0 Å². The van der Waals surface area contributed by atoms with Crippen molar-refractivity contribution < 1.29 is 0 Å². The van der Waals surface area contributed by atoms with Crippen molar-refractivity contribution in [1.29, 1.82) is 0 Å². The molecule has 0 N–H and O–H groups in total. The number of rotatable bonds is 1. The van der Waals surface area contributed by atoms with Gasteiger partial charge in [0.2, 0.25) is 0 Å². The molecule has 1 heteroatoms. The Morgan fingerprint density at radius 3 is 2.00 bits per heavy atom. The lowest BCUT2D eigenvalue weighted by Crippen LogP contribution is -1.88. The topological polar surface area (TPSA) is 0 Å². The summed E-state index contributed by atoms with van der Waals surface area (Å²) >= 11 is 0. The zero-order valence-corrected chi connectivity index (χ0v) is 5.89. The molecule has 36 valence electrons. The van der Waals surface area contributed by atoms with E-state index in [2.05, 4.69) is 26.1 Å². The molecule has 0 heterocycles. The summed E-state index contributed by atoms with van der Waals surface area (Å²) in [6.07, 6.45) is 0. The first kappa shape index (κ1) is 6.09. The van der Waals surface area contributed by atoms with Crippen LogP contribution in [0.15, 0.2) is 0 Å². The van der Waals surface area contributed by atoms with Gasteiger partial charge in [-0.3, -0.25) is 0 Å². The number of hydrogen-bond acceptors (Lipinski definition) is 0. The third-order valence-corrected chi connectivity index (χ3v) is 1.73. The molecule has 0 nitrogen and oxygen atoms in total. The van der Waals surface area contributed by atoms with Crippen molar-refractivity contribution in [2.24, 2.45) is 5.92 Å². The Hall–Kier alpha value is 0.0869. The van der Waals surface area contributed by atoms with Gasteiger partial charge in [0.15, 0.2) is 0 Å². The molecule has 0 atom stereocenters. The van der Waals surface area contributed by atoms with E-state index in [9.17, 15) is 0 Å². The van der Waals surface area contributed by atoms with E-state index < -0.39 is 0 Å². The van der Waals surface area contributed by atoms with Gasteiger partial charge in [0, 0.05) is 0 Å². The third-order valence-electron chi connectivity index (χ3n) is 0.577. The second kappa shape index (κ2) is 3.28. The van der Waals surface area contributed by atoms with Gasteiger partial charge in [-0.05, 0) is 15.0 Å². The summed E-state index contributed by atoms with van der Waals surface area (Å²) in [5, 5.41) is 0. The quantitative estimate of drug-likeness (QED) is 0.430. The lowest BCUT2D eigenvalue weighted by molar-refractivity contribution is 0.920. The highest BCUT2D eigenvalue weighted by molar-refractivity contribution is 6.45. The molecule has 0 aromatic rings. The van der Waals surface area contributed by atoms with Crippen molar-refractivity contribution in [2.45, 2.75) is 20.4 Å². The van der Waals surface area contributed by atoms with E-state index in [1.807, 2.05) is 0 Å². The molecule has 0 spiro atoms. The van der Waals surface area contributed by atoms with Crippen molar-refractivity contribution in [3.63, 3.8) is 0 Å². The molecule has 0 saturated carbocycles. The van der Waals surface area contributed by atoms with Gasteiger partial charge in [-0.2, -0.15) is 0 Å². The first-order valence-electron chi connectivity index (χ1n) is 2.40. The molecular formula is C5H12Si. The summed E-state index contributed by atoms with van der Waals surface area (Å²) in [6, 6.07) is 0. The molecule has 0 aromatic carbocycles. The van der Waals surface area contributed by atoms with Crippen LogP contribution in [0.25, 0.3) is 0 Å². The summed E-state index contributed by atoms with van der Waals surface area (Å²) in [7, 11) is 0.627. The minimum atomic E-state index is 0.627. The van der Waals surface area contributed by atoms with Crippen LogP contribution in [-0.2, 0) is 0 Å². The minimum absolute atomic E-state index is 0.627. The fourth-order valence-corrected chi connectivity index (χ4v) is 1.15. The van der Waals surface area contributed by atoms with Crippen LogP contribution in [-0.4, -0.2) is 14.8 Å². The van der Waals surface area contributed by atoms with E-state index >= 15 is 0 Å². The normalized spacial score (nSPS) is 11.3. The van der Waals surface area contributed by atoms with Crippen LogP contribution >= 0.6 is 0 Å². The Labute approximate surface area is 42.0 Å². The van der Waals surface area contributed by atoms with Crippen molar-refractivity contribution in [3.8, 4) is 0 Å². The molecular weight excluding hydrogens is 88.1 g/mol. The summed E-state index contributed by atoms with van der Waals surface area (Å²) in [5.74, 6) is 0.810. The highest BCUT2D eigenvalue weighted by atomic mass is 28.2. The number of hydrogen-bond donors (Lipinski definition) is 0. The summed E-state index contributed by atoms with van der Waals surface area (Å²) in [5.41, 5.74) is 2.38. The molecule has 0 aromatic heterocycles. The molecule has 0 fully saturated rings. The smallest absolute Gasteiger partial charge is 0.0149 e. The van der Waals surface area contributed by atoms with Gasteiger partial charge < -0.3 is 0 Å². The largest absolute Gasteiger partial charge is 0.104 e. The average Bonchev–Trinajstić information content (AvgIpc) is 1.35. The summed E-state index contributed by atoms with van der Waals surface area (Å²) in [4.78, 5) is 0. The van der Waals surface area contributed by atoms with Gasteiger partial charge in [-0.15, -0.1) is 5.67 Å². The van der Waals surface area contributed by atoms with Gasteiger partial charge in [0.25, 0.3) is 0 Å². The van der Waals surface area contributed by atoms with Crippen LogP contribution in [0.1, 0.15) is 13.8 Å². The molecule has 0 saturated heterocycles. The molecule has 0 unspecified atom stereocenters. The van der Waals surface area contributed by atoms with Gasteiger partial charge in [0.1, 0.15) is 0 Å². The van der Waals surface area contributed by atoms with E-state index in [1.54, 1.807) is 0 Å². The zero-order chi connectivity index (χ0) is 4.99. The van der Waals surface area contributed by atoms with Crippen molar-refractivity contribution in [1.82, 2.24) is 0 Å². The zero-order valence-electron chi connectivity index (χ0n) is 4.73.